The van der Waals surface area contributed by atoms with Crippen LogP contribution in [0.3, 0.4) is 0 Å². The highest BCUT2D eigenvalue weighted by Crippen LogP contribution is 2.52. The summed E-state index contributed by atoms with van der Waals surface area (Å²) in [5.74, 6) is 3.64. The fourth-order valence-corrected chi connectivity index (χ4v) is 4.54. The monoisotopic (exact) mass is 285 g/mol. The predicted octanol–water partition coefficient (Wildman–Crippen LogP) is 3.29. The average molecular weight is 285 g/mol. The second-order valence-electron chi connectivity index (χ2n) is 7.49. The van der Waals surface area contributed by atoms with Crippen LogP contribution in [0.25, 0.3) is 0 Å². The fourth-order valence-electron chi connectivity index (χ4n) is 4.54. The summed E-state index contributed by atoms with van der Waals surface area (Å²) < 4.78 is 0. The molecule has 3 fully saturated rings. The molecule has 3 saturated carbocycles. The van der Waals surface area contributed by atoms with Crippen LogP contribution in [-0.4, -0.2) is 22.6 Å². The summed E-state index contributed by atoms with van der Waals surface area (Å²) in [5, 5.41) is 3.60. The minimum Gasteiger partial charge on any atom is -0.314 e. The van der Waals surface area contributed by atoms with Crippen molar-refractivity contribution in [3.63, 3.8) is 0 Å². The van der Waals surface area contributed by atoms with E-state index >= 15 is 0 Å². The minimum atomic E-state index is 0.653. The van der Waals surface area contributed by atoms with E-state index in [0.29, 0.717) is 5.92 Å². The second-order valence-corrected chi connectivity index (χ2v) is 7.49. The first-order chi connectivity index (χ1) is 10.2. The molecule has 1 aromatic heterocycles. The Bertz CT molecular complexity index is 512. The Labute approximate surface area is 128 Å². The van der Waals surface area contributed by atoms with Crippen LogP contribution >= 0.6 is 0 Å². The van der Waals surface area contributed by atoms with Gasteiger partial charge in [-0.15, -0.1) is 0 Å². The Morgan fingerprint density at radius 3 is 2.33 bits per heavy atom. The van der Waals surface area contributed by atoms with Gasteiger partial charge in [-0.1, -0.05) is 6.42 Å². The quantitative estimate of drug-likeness (QED) is 0.902. The SMILES string of the molecule is Cc1nc(C2CC3CCC2C3)nc(C)c1CCNC1CC1. The molecule has 0 spiro atoms. The van der Waals surface area contributed by atoms with Gasteiger partial charge < -0.3 is 5.32 Å². The summed E-state index contributed by atoms with van der Waals surface area (Å²) in [5.41, 5.74) is 3.81. The molecule has 21 heavy (non-hydrogen) atoms. The smallest absolute Gasteiger partial charge is 0.132 e. The lowest BCUT2D eigenvalue weighted by molar-refractivity contribution is 0.404. The van der Waals surface area contributed by atoms with Gasteiger partial charge in [-0.05, 0) is 76.3 Å². The van der Waals surface area contributed by atoms with E-state index in [2.05, 4.69) is 19.2 Å². The first kappa shape index (κ1) is 13.7. The van der Waals surface area contributed by atoms with Crippen LogP contribution in [0.4, 0.5) is 0 Å². The summed E-state index contributed by atoms with van der Waals surface area (Å²) in [6.45, 7) is 5.43. The molecule has 0 aromatic carbocycles. The van der Waals surface area contributed by atoms with Gasteiger partial charge in [-0.25, -0.2) is 9.97 Å². The topological polar surface area (TPSA) is 37.8 Å². The molecule has 1 aromatic rings. The zero-order valence-electron chi connectivity index (χ0n) is 13.4. The van der Waals surface area contributed by atoms with E-state index in [1.807, 2.05) is 0 Å². The normalized spacial score (nSPS) is 31.0. The van der Waals surface area contributed by atoms with Gasteiger partial charge in [0.25, 0.3) is 0 Å². The lowest BCUT2D eigenvalue weighted by Gasteiger charge is -2.22. The van der Waals surface area contributed by atoms with Crippen LogP contribution in [0.15, 0.2) is 0 Å². The molecule has 4 rings (SSSR count). The molecule has 0 aliphatic heterocycles. The van der Waals surface area contributed by atoms with Gasteiger partial charge in [0.2, 0.25) is 0 Å². The number of nitrogens with zero attached hydrogens (tertiary/aromatic N) is 2. The number of aromatic nitrogens is 2. The minimum absolute atomic E-state index is 0.653. The highest BCUT2D eigenvalue weighted by Gasteiger charge is 2.41. The third kappa shape index (κ3) is 2.73. The molecule has 3 unspecified atom stereocenters. The maximum absolute atomic E-state index is 4.91. The van der Waals surface area contributed by atoms with E-state index in [1.165, 1.54) is 55.5 Å². The van der Waals surface area contributed by atoms with Crippen molar-refractivity contribution in [2.75, 3.05) is 6.54 Å². The Morgan fingerprint density at radius 1 is 1.00 bits per heavy atom. The van der Waals surface area contributed by atoms with Gasteiger partial charge in [0, 0.05) is 23.3 Å². The van der Waals surface area contributed by atoms with E-state index in [4.69, 9.17) is 9.97 Å². The van der Waals surface area contributed by atoms with Crippen LogP contribution < -0.4 is 5.32 Å². The lowest BCUT2D eigenvalue weighted by atomic mass is 9.88. The van der Waals surface area contributed by atoms with Crippen molar-refractivity contribution < 1.29 is 0 Å². The third-order valence-corrected chi connectivity index (χ3v) is 5.89. The van der Waals surface area contributed by atoms with E-state index in [9.17, 15) is 0 Å². The zero-order chi connectivity index (χ0) is 14.4. The van der Waals surface area contributed by atoms with Gasteiger partial charge in [0.05, 0.1) is 0 Å². The molecule has 114 valence electrons. The molecule has 0 amide bonds. The van der Waals surface area contributed by atoms with Crippen LogP contribution in [0.5, 0.6) is 0 Å². The van der Waals surface area contributed by atoms with Crippen molar-refractivity contribution in [2.45, 2.75) is 70.8 Å². The highest BCUT2D eigenvalue weighted by atomic mass is 14.9. The predicted molar refractivity (Wildman–Crippen MR) is 84.4 cm³/mol. The number of hydrogen-bond acceptors (Lipinski definition) is 3. The van der Waals surface area contributed by atoms with Gasteiger partial charge in [-0.2, -0.15) is 0 Å². The zero-order valence-corrected chi connectivity index (χ0v) is 13.4. The van der Waals surface area contributed by atoms with Gasteiger partial charge in [0.15, 0.2) is 0 Å². The number of aryl methyl sites for hydroxylation is 2. The van der Waals surface area contributed by atoms with Gasteiger partial charge in [0.1, 0.15) is 5.82 Å². The van der Waals surface area contributed by atoms with E-state index in [-0.39, 0.29) is 0 Å². The molecule has 3 aliphatic rings. The van der Waals surface area contributed by atoms with E-state index in [1.54, 1.807) is 0 Å². The first-order valence-corrected chi connectivity index (χ1v) is 8.78. The molecular weight excluding hydrogens is 258 g/mol. The van der Waals surface area contributed by atoms with Gasteiger partial charge in [-0.3, -0.25) is 0 Å². The summed E-state index contributed by atoms with van der Waals surface area (Å²) in [6.07, 6.45) is 9.42. The average Bonchev–Trinajstić information content (AvgIpc) is 3.04. The van der Waals surface area contributed by atoms with Crippen molar-refractivity contribution in [2.24, 2.45) is 11.8 Å². The molecule has 3 aliphatic carbocycles. The van der Waals surface area contributed by atoms with Crippen molar-refractivity contribution in [1.29, 1.82) is 0 Å². The molecule has 0 radical (unpaired) electrons. The molecular formula is C18H27N3. The maximum atomic E-state index is 4.91. The Morgan fingerprint density at radius 2 is 1.76 bits per heavy atom. The standard InChI is InChI=1S/C18H27N3/c1-11-16(7-8-19-15-5-6-15)12(2)21-18(20-11)17-10-13-3-4-14(17)9-13/h13-15,17,19H,3-10H2,1-2H3. The second kappa shape index (κ2) is 5.35. The summed E-state index contributed by atoms with van der Waals surface area (Å²) >= 11 is 0. The molecule has 2 bridgehead atoms. The van der Waals surface area contributed by atoms with Crippen LogP contribution in [-0.2, 0) is 6.42 Å². The summed E-state index contributed by atoms with van der Waals surface area (Å²) in [7, 11) is 0. The maximum Gasteiger partial charge on any atom is 0.132 e. The van der Waals surface area contributed by atoms with Gasteiger partial charge >= 0.3 is 0 Å². The summed E-state index contributed by atoms with van der Waals surface area (Å²) in [6, 6.07) is 0.792. The first-order valence-electron chi connectivity index (χ1n) is 8.78. The Hall–Kier alpha value is -0.960. The van der Waals surface area contributed by atoms with Crippen LogP contribution in [0.1, 0.15) is 67.2 Å². The molecule has 1 heterocycles. The molecule has 0 saturated heterocycles. The van der Waals surface area contributed by atoms with Crippen molar-refractivity contribution in [3.8, 4) is 0 Å². The van der Waals surface area contributed by atoms with Crippen LogP contribution in [0, 0.1) is 25.7 Å². The largest absolute Gasteiger partial charge is 0.314 e. The number of rotatable bonds is 5. The van der Waals surface area contributed by atoms with E-state index in [0.717, 1.165) is 36.7 Å². The Kier molecular flexibility index (Phi) is 3.49. The molecule has 3 nitrogen and oxygen atoms in total. The van der Waals surface area contributed by atoms with Crippen molar-refractivity contribution >= 4 is 0 Å². The van der Waals surface area contributed by atoms with Crippen molar-refractivity contribution in [3.05, 3.63) is 22.8 Å². The number of nitrogens with one attached hydrogen (secondary N) is 1. The highest BCUT2D eigenvalue weighted by molar-refractivity contribution is 5.26. The molecule has 1 N–H and O–H groups in total. The van der Waals surface area contributed by atoms with E-state index < -0.39 is 0 Å². The summed E-state index contributed by atoms with van der Waals surface area (Å²) in [4.78, 5) is 9.82. The lowest BCUT2D eigenvalue weighted by Crippen LogP contribution is -2.21. The van der Waals surface area contributed by atoms with Crippen LogP contribution in [0.2, 0.25) is 0 Å². The fraction of sp³-hybridized carbons (Fsp3) is 0.778. The third-order valence-electron chi connectivity index (χ3n) is 5.89. The Balaban J connectivity index is 1.48. The molecule has 3 atom stereocenters. The molecule has 3 heteroatoms. The van der Waals surface area contributed by atoms with Crippen molar-refractivity contribution in [1.82, 2.24) is 15.3 Å². The number of fused-ring (bicyclic) bond motifs is 2. The number of hydrogen-bond donors (Lipinski definition) is 1.